The minimum absolute atomic E-state index is 0.309. The van der Waals surface area contributed by atoms with E-state index in [0.29, 0.717) is 18.8 Å². The molecule has 1 atom stereocenters. The average molecular weight is 317 g/mol. The molecule has 7 nitrogen and oxygen atoms in total. The number of hydrogen-bond donors (Lipinski definition) is 1. The van der Waals surface area contributed by atoms with Crippen LogP contribution in [-0.2, 0) is 15.1 Å². The number of hydrogen-bond acceptors (Lipinski definition) is 4. The standard InChI is InChI=1S/C16H19N3O4/c1-4-8-18(9-5-2)13(20)11-19-14(21)16(3,17-15(19)22)12-7-6-10-23-12/h4-7,10H,1-2,8-9,11H2,3H3,(H,17,22). The lowest BCUT2D eigenvalue weighted by molar-refractivity contribution is -0.138. The largest absolute Gasteiger partial charge is 0.466 e. The molecule has 1 N–H and O–H groups in total. The molecular formula is C16H19N3O4. The molecule has 1 aromatic rings. The summed E-state index contributed by atoms with van der Waals surface area (Å²) < 4.78 is 5.23. The first-order chi connectivity index (χ1) is 10.9. The SMILES string of the molecule is C=CCN(CC=C)C(=O)CN1C(=O)NC(C)(c2ccco2)C1=O. The minimum atomic E-state index is -1.30. The van der Waals surface area contributed by atoms with E-state index >= 15 is 0 Å². The summed E-state index contributed by atoms with van der Waals surface area (Å²) >= 11 is 0. The van der Waals surface area contributed by atoms with Crippen molar-refractivity contribution in [3.8, 4) is 0 Å². The molecule has 0 bridgehead atoms. The average Bonchev–Trinajstić information content (AvgIpc) is 3.11. The molecule has 7 heteroatoms. The lowest BCUT2D eigenvalue weighted by atomic mass is 9.99. The Morgan fingerprint density at radius 2 is 2.04 bits per heavy atom. The van der Waals surface area contributed by atoms with E-state index in [1.807, 2.05) is 0 Å². The summed E-state index contributed by atoms with van der Waals surface area (Å²) in [5.41, 5.74) is -1.30. The lowest BCUT2D eigenvalue weighted by Gasteiger charge is -2.22. The molecule has 0 spiro atoms. The van der Waals surface area contributed by atoms with Gasteiger partial charge in [-0.1, -0.05) is 12.2 Å². The Morgan fingerprint density at radius 1 is 1.39 bits per heavy atom. The van der Waals surface area contributed by atoms with Gasteiger partial charge in [0.25, 0.3) is 5.91 Å². The van der Waals surface area contributed by atoms with E-state index in [-0.39, 0.29) is 12.5 Å². The maximum Gasteiger partial charge on any atom is 0.325 e. The first kappa shape index (κ1) is 16.5. The van der Waals surface area contributed by atoms with Crippen molar-refractivity contribution in [1.29, 1.82) is 0 Å². The second kappa shape index (κ2) is 6.51. The number of nitrogens with one attached hydrogen (secondary N) is 1. The van der Waals surface area contributed by atoms with Crippen LogP contribution in [0.3, 0.4) is 0 Å². The van der Waals surface area contributed by atoms with Crippen LogP contribution in [0.15, 0.2) is 48.1 Å². The Bertz CT molecular complexity index is 628. The van der Waals surface area contributed by atoms with Crippen LogP contribution >= 0.6 is 0 Å². The maximum atomic E-state index is 12.6. The zero-order chi connectivity index (χ0) is 17.0. The molecule has 1 aliphatic heterocycles. The van der Waals surface area contributed by atoms with Gasteiger partial charge in [0.15, 0.2) is 5.54 Å². The van der Waals surface area contributed by atoms with Crippen LogP contribution in [0.4, 0.5) is 4.79 Å². The van der Waals surface area contributed by atoms with Gasteiger partial charge in [0.2, 0.25) is 5.91 Å². The molecule has 0 aliphatic carbocycles. The summed E-state index contributed by atoms with van der Waals surface area (Å²) in [5.74, 6) is -0.570. The van der Waals surface area contributed by atoms with Gasteiger partial charge in [0, 0.05) is 13.1 Å². The van der Waals surface area contributed by atoms with E-state index in [4.69, 9.17) is 4.42 Å². The van der Waals surface area contributed by atoms with Crippen molar-refractivity contribution < 1.29 is 18.8 Å². The second-order valence-corrected chi connectivity index (χ2v) is 5.30. The monoisotopic (exact) mass is 317 g/mol. The smallest absolute Gasteiger partial charge is 0.325 e. The van der Waals surface area contributed by atoms with Crippen LogP contribution in [-0.4, -0.2) is 47.3 Å². The molecule has 2 rings (SSSR count). The number of nitrogens with zero attached hydrogens (tertiary/aromatic N) is 2. The molecular weight excluding hydrogens is 298 g/mol. The third-order valence-corrected chi connectivity index (χ3v) is 3.63. The Balaban J connectivity index is 2.16. The molecule has 0 saturated carbocycles. The summed E-state index contributed by atoms with van der Waals surface area (Å²) in [6, 6.07) is 2.61. The number of carbonyl (C=O) groups is 3. The number of urea groups is 1. The van der Waals surface area contributed by atoms with E-state index < -0.39 is 17.5 Å². The molecule has 0 radical (unpaired) electrons. The van der Waals surface area contributed by atoms with Crippen molar-refractivity contribution in [3.05, 3.63) is 49.5 Å². The Hall–Kier alpha value is -2.83. The number of amides is 4. The highest BCUT2D eigenvalue weighted by Crippen LogP contribution is 2.28. The second-order valence-electron chi connectivity index (χ2n) is 5.30. The Morgan fingerprint density at radius 3 is 2.57 bits per heavy atom. The van der Waals surface area contributed by atoms with Crippen LogP contribution in [0.1, 0.15) is 12.7 Å². The molecule has 1 aromatic heterocycles. The van der Waals surface area contributed by atoms with Crippen molar-refractivity contribution in [2.45, 2.75) is 12.5 Å². The van der Waals surface area contributed by atoms with Gasteiger partial charge < -0.3 is 14.6 Å². The van der Waals surface area contributed by atoms with Gasteiger partial charge in [-0.15, -0.1) is 13.2 Å². The Kier molecular flexibility index (Phi) is 4.68. The third kappa shape index (κ3) is 3.03. The van der Waals surface area contributed by atoms with Gasteiger partial charge in [-0.3, -0.25) is 14.5 Å². The normalized spacial score (nSPS) is 20.3. The zero-order valence-electron chi connectivity index (χ0n) is 12.9. The van der Waals surface area contributed by atoms with Crippen LogP contribution in [0.2, 0.25) is 0 Å². The number of furan rings is 1. The fraction of sp³-hybridized carbons (Fsp3) is 0.312. The summed E-state index contributed by atoms with van der Waals surface area (Å²) in [5, 5.41) is 2.57. The van der Waals surface area contributed by atoms with E-state index in [1.54, 1.807) is 31.2 Å². The fourth-order valence-corrected chi connectivity index (χ4v) is 2.40. The number of carbonyl (C=O) groups excluding carboxylic acids is 3. The summed E-state index contributed by atoms with van der Waals surface area (Å²) in [6.45, 7) is 8.98. The first-order valence-corrected chi connectivity index (χ1v) is 7.11. The first-order valence-electron chi connectivity index (χ1n) is 7.11. The molecule has 1 unspecified atom stereocenters. The predicted octanol–water partition coefficient (Wildman–Crippen LogP) is 1.25. The van der Waals surface area contributed by atoms with Crippen LogP contribution in [0.5, 0.6) is 0 Å². The lowest BCUT2D eigenvalue weighted by Crippen LogP contribution is -2.44. The third-order valence-electron chi connectivity index (χ3n) is 3.63. The highest BCUT2D eigenvalue weighted by Gasteiger charge is 2.51. The summed E-state index contributed by atoms with van der Waals surface area (Å²) in [7, 11) is 0. The summed E-state index contributed by atoms with van der Waals surface area (Å²) in [6.07, 6.45) is 4.56. The number of imide groups is 1. The highest BCUT2D eigenvalue weighted by molar-refractivity contribution is 6.08. The van der Waals surface area contributed by atoms with E-state index in [2.05, 4.69) is 18.5 Å². The molecule has 4 amide bonds. The van der Waals surface area contributed by atoms with Crippen molar-refractivity contribution >= 4 is 17.8 Å². The van der Waals surface area contributed by atoms with E-state index in [1.165, 1.54) is 11.2 Å². The van der Waals surface area contributed by atoms with Gasteiger partial charge in [-0.25, -0.2) is 4.79 Å². The number of rotatable bonds is 7. The van der Waals surface area contributed by atoms with Crippen molar-refractivity contribution in [1.82, 2.24) is 15.1 Å². The van der Waals surface area contributed by atoms with Crippen molar-refractivity contribution in [3.63, 3.8) is 0 Å². The maximum absolute atomic E-state index is 12.6. The van der Waals surface area contributed by atoms with Gasteiger partial charge in [0.1, 0.15) is 12.3 Å². The predicted molar refractivity (Wildman–Crippen MR) is 83.3 cm³/mol. The molecule has 1 aliphatic rings. The molecule has 0 aromatic carbocycles. The minimum Gasteiger partial charge on any atom is -0.466 e. The van der Waals surface area contributed by atoms with E-state index in [0.717, 1.165) is 4.90 Å². The highest BCUT2D eigenvalue weighted by atomic mass is 16.3. The van der Waals surface area contributed by atoms with Crippen LogP contribution in [0.25, 0.3) is 0 Å². The van der Waals surface area contributed by atoms with Gasteiger partial charge in [-0.05, 0) is 19.1 Å². The van der Waals surface area contributed by atoms with Gasteiger partial charge >= 0.3 is 6.03 Å². The molecule has 2 heterocycles. The Labute approximate surface area is 134 Å². The van der Waals surface area contributed by atoms with Crippen molar-refractivity contribution in [2.75, 3.05) is 19.6 Å². The quantitative estimate of drug-likeness (QED) is 0.606. The fourth-order valence-electron chi connectivity index (χ4n) is 2.40. The topological polar surface area (TPSA) is 82.9 Å². The van der Waals surface area contributed by atoms with Crippen molar-refractivity contribution in [2.24, 2.45) is 0 Å². The van der Waals surface area contributed by atoms with Crippen LogP contribution in [0, 0.1) is 0 Å². The molecule has 1 fully saturated rings. The van der Waals surface area contributed by atoms with Gasteiger partial charge in [-0.2, -0.15) is 0 Å². The molecule has 1 saturated heterocycles. The van der Waals surface area contributed by atoms with Gasteiger partial charge in [0.05, 0.1) is 6.26 Å². The molecule has 122 valence electrons. The zero-order valence-corrected chi connectivity index (χ0v) is 12.9. The molecule has 23 heavy (non-hydrogen) atoms. The summed E-state index contributed by atoms with van der Waals surface area (Å²) in [4.78, 5) is 39.3. The van der Waals surface area contributed by atoms with E-state index in [9.17, 15) is 14.4 Å². The van der Waals surface area contributed by atoms with Crippen LogP contribution < -0.4 is 5.32 Å².